The van der Waals surface area contributed by atoms with Gasteiger partial charge in [0.25, 0.3) is 0 Å². The van der Waals surface area contributed by atoms with Gasteiger partial charge in [0.2, 0.25) is 0 Å². The monoisotopic (exact) mass is 492 g/mol. The number of fused-ring (bicyclic) bond motifs is 2. The molecule has 0 aliphatic carbocycles. The number of anilines is 1. The van der Waals surface area contributed by atoms with Crippen LogP contribution in [0, 0.1) is 0 Å². The number of hydrogen-bond acceptors (Lipinski definition) is 3. The molecule has 1 aromatic rings. The second-order valence-electron chi connectivity index (χ2n) is 7.83. The van der Waals surface area contributed by atoms with Crippen LogP contribution >= 0.6 is 43.5 Å². The minimum atomic E-state index is -0.454. The first-order valence-corrected chi connectivity index (χ1v) is 10.5. The molecule has 25 heavy (non-hydrogen) atoms. The average Bonchev–Trinajstić information content (AvgIpc) is 2.73. The van der Waals surface area contributed by atoms with Crippen LogP contribution < -0.4 is 5.32 Å². The lowest BCUT2D eigenvalue weighted by Gasteiger charge is -2.40. The molecule has 0 saturated carbocycles. The number of ether oxygens (including phenoxy) is 1. The van der Waals surface area contributed by atoms with E-state index in [9.17, 15) is 4.79 Å². The molecule has 0 aromatic heterocycles. The van der Waals surface area contributed by atoms with Gasteiger partial charge in [0, 0.05) is 32.1 Å². The molecular weight excluding hydrogens is 471 g/mol. The van der Waals surface area contributed by atoms with Gasteiger partial charge in [-0.25, -0.2) is 4.79 Å². The maximum atomic E-state index is 12.5. The highest BCUT2D eigenvalue weighted by atomic mass is 79.9. The Labute approximate surface area is 170 Å². The van der Waals surface area contributed by atoms with Gasteiger partial charge in [-0.05, 0) is 90.4 Å². The number of hydrogen-bond donors (Lipinski definition) is 1. The molecule has 7 heteroatoms. The number of nitrogens with zero attached hydrogens (tertiary/aromatic N) is 1. The number of rotatable bonds is 2. The second kappa shape index (κ2) is 7.28. The molecule has 1 aromatic carbocycles. The molecule has 2 aliphatic rings. The number of carbonyl (C=O) groups is 1. The van der Waals surface area contributed by atoms with Crippen molar-refractivity contribution in [1.82, 2.24) is 4.90 Å². The first kappa shape index (κ1) is 19.3. The first-order valence-electron chi connectivity index (χ1n) is 8.56. The van der Waals surface area contributed by atoms with E-state index in [2.05, 4.69) is 37.2 Å². The Morgan fingerprint density at radius 1 is 1.20 bits per heavy atom. The third kappa shape index (κ3) is 4.45. The molecule has 2 aliphatic heterocycles. The van der Waals surface area contributed by atoms with Gasteiger partial charge < -0.3 is 15.0 Å². The summed E-state index contributed by atoms with van der Waals surface area (Å²) in [6, 6.07) is 4.59. The lowest BCUT2D eigenvalue weighted by atomic mass is 9.97. The Bertz CT molecular complexity index is 641. The third-order valence-electron chi connectivity index (χ3n) is 4.69. The molecule has 2 saturated heterocycles. The van der Waals surface area contributed by atoms with Crippen LogP contribution in [0.1, 0.15) is 46.5 Å². The van der Waals surface area contributed by atoms with Gasteiger partial charge in [-0.2, -0.15) is 0 Å². The Kier molecular flexibility index (Phi) is 5.62. The highest BCUT2D eigenvalue weighted by Gasteiger charge is 2.45. The standard InChI is InChI=1S/C18H23Br2ClN2O2/c1-18(2,3)25-17(24)23-12-4-5-13(23)9-11(8-12)22-16-14(19)6-10(21)7-15(16)20/h6-7,11-13,22H,4-5,8-9H2,1-3H3. The van der Waals surface area contributed by atoms with E-state index in [0.29, 0.717) is 11.1 Å². The first-order chi connectivity index (χ1) is 11.6. The maximum Gasteiger partial charge on any atom is 0.410 e. The lowest BCUT2D eigenvalue weighted by molar-refractivity contribution is 0.00683. The molecule has 1 amide bonds. The Balaban J connectivity index is 1.69. The van der Waals surface area contributed by atoms with E-state index < -0.39 is 5.60 Å². The van der Waals surface area contributed by atoms with Crippen molar-refractivity contribution in [1.29, 1.82) is 0 Å². The van der Waals surface area contributed by atoms with Crippen LogP contribution in [0.5, 0.6) is 0 Å². The number of nitrogens with one attached hydrogen (secondary N) is 1. The van der Waals surface area contributed by atoms with Crippen molar-refractivity contribution in [2.24, 2.45) is 0 Å². The molecule has 2 bridgehead atoms. The maximum absolute atomic E-state index is 12.5. The molecule has 0 spiro atoms. The number of benzene rings is 1. The Hall–Kier alpha value is -0.460. The minimum Gasteiger partial charge on any atom is -0.444 e. The molecule has 3 rings (SSSR count). The number of carbonyl (C=O) groups excluding carboxylic acids is 1. The van der Waals surface area contributed by atoms with E-state index >= 15 is 0 Å². The van der Waals surface area contributed by atoms with Gasteiger partial charge in [-0.3, -0.25) is 0 Å². The van der Waals surface area contributed by atoms with Crippen LogP contribution in [0.2, 0.25) is 5.02 Å². The van der Waals surface area contributed by atoms with Gasteiger partial charge >= 0.3 is 6.09 Å². The van der Waals surface area contributed by atoms with Crippen molar-refractivity contribution in [2.75, 3.05) is 5.32 Å². The Morgan fingerprint density at radius 2 is 1.72 bits per heavy atom. The third-order valence-corrected chi connectivity index (χ3v) is 6.16. The summed E-state index contributed by atoms with van der Waals surface area (Å²) in [5, 5.41) is 4.31. The molecular formula is C18H23Br2ClN2O2. The predicted molar refractivity (Wildman–Crippen MR) is 108 cm³/mol. The SMILES string of the molecule is CC(C)(C)OC(=O)N1C2CCC1CC(Nc1c(Br)cc(Cl)cc1Br)C2. The van der Waals surface area contributed by atoms with Gasteiger partial charge in [0.1, 0.15) is 5.60 Å². The number of piperidine rings is 1. The molecule has 2 heterocycles. The molecule has 2 fully saturated rings. The molecule has 0 radical (unpaired) electrons. The molecule has 2 unspecified atom stereocenters. The molecule has 4 nitrogen and oxygen atoms in total. The second-order valence-corrected chi connectivity index (χ2v) is 9.97. The van der Waals surface area contributed by atoms with Crippen LogP contribution in [0.3, 0.4) is 0 Å². The Morgan fingerprint density at radius 3 is 2.20 bits per heavy atom. The van der Waals surface area contributed by atoms with Crippen molar-refractivity contribution < 1.29 is 9.53 Å². The van der Waals surface area contributed by atoms with Crippen molar-refractivity contribution in [2.45, 2.75) is 70.2 Å². The largest absolute Gasteiger partial charge is 0.444 e. The number of halogens is 3. The van der Waals surface area contributed by atoms with Crippen molar-refractivity contribution in [3.8, 4) is 0 Å². The smallest absolute Gasteiger partial charge is 0.410 e. The summed E-state index contributed by atoms with van der Waals surface area (Å²) < 4.78 is 7.48. The fourth-order valence-electron chi connectivity index (χ4n) is 3.79. The predicted octanol–water partition coefficient (Wildman–Crippen LogP) is 6.21. The van der Waals surface area contributed by atoms with E-state index in [0.717, 1.165) is 40.3 Å². The zero-order chi connectivity index (χ0) is 18.4. The summed E-state index contributed by atoms with van der Waals surface area (Å²) in [5.41, 5.74) is 0.560. The van der Waals surface area contributed by atoms with E-state index in [1.54, 1.807) is 0 Å². The molecule has 1 N–H and O–H groups in total. The van der Waals surface area contributed by atoms with Crippen molar-refractivity contribution in [3.63, 3.8) is 0 Å². The average molecular weight is 495 g/mol. The van der Waals surface area contributed by atoms with E-state index in [4.69, 9.17) is 16.3 Å². The van der Waals surface area contributed by atoms with E-state index in [-0.39, 0.29) is 18.2 Å². The fraction of sp³-hybridized carbons (Fsp3) is 0.611. The van der Waals surface area contributed by atoms with Gasteiger partial charge in [-0.1, -0.05) is 11.6 Å². The summed E-state index contributed by atoms with van der Waals surface area (Å²) in [6.07, 6.45) is 3.78. The summed E-state index contributed by atoms with van der Waals surface area (Å²) >= 11 is 13.2. The van der Waals surface area contributed by atoms with Crippen molar-refractivity contribution >= 4 is 55.2 Å². The highest BCUT2D eigenvalue weighted by Crippen LogP contribution is 2.40. The zero-order valence-corrected chi connectivity index (χ0v) is 18.5. The summed E-state index contributed by atoms with van der Waals surface area (Å²) in [7, 11) is 0. The highest BCUT2D eigenvalue weighted by molar-refractivity contribution is 9.11. The van der Waals surface area contributed by atoms with Crippen LogP contribution in [-0.2, 0) is 4.74 Å². The van der Waals surface area contributed by atoms with Crippen molar-refractivity contribution in [3.05, 3.63) is 26.1 Å². The van der Waals surface area contributed by atoms with Gasteiger partial charge in [0.15, 0.2) is 0 Å². The van der Waals surface area contributed by atoms with E-state index in [1.807, 2.05) is 37.8 Å². The summed E-state index contributed by atoms with van der Waals surface area (Å²) in [4.78, 5) is 14.5. The molecule has 2 atom stereocenters. The van der Waals surface area contributed by atoms with Gasteiger partial charge in [0.05, 0.1) is 5.69 Å². The minimum absolute atomic E-state index is 0.174. The normalized spacial score (nSPS) is 25.8. The topological polar surface area (TPSA) is 41.6 Å². The zero-order valence-electron chi connectivity index (χ0n) is 14.6. The summed E-state index contributed by atoms with van der Waals surface area (Å²) in [5.74, 6) is 0. The van der Waals surface area contributed by atoms with Crippen LogP contribution in [0.15, 0.2) is 21.1 Å². The fourth-order valence-corrected chi connectivity index (χ4v) is 5.69. The number of amides is 1. The quantitative estimate of drug-likeness (QED) is 0.532. The van der Waals surface area contributed by atoms with Crippen LogP contribution in [-0.4, -0.2) is 34.7 Å². The summed E-state index contributed by atoms with van der Waals surface area (Å²) in [6.45, 7) is 5.74. The van der Waals surface area contributed by atoms with Crippen LogP contribution in [0.4, 0.5) is 10.5 Å². The molecule has 138 valence electrons. The van der Waals surface area contributed by atoms with Gasteiger partial charge in [-0.15, -0.1) is 0 Å². The van der Waals surface area contributed by atoms with E-state index in [1.165, 1.54) is 0 Å². The lowest BCUT2D eigenvalue weighted by Crippen LogP contribution is -2.51. The van der Waals surface area contributed by atoms with Crippen LogP contribution in [0.25, 0.3) is 0 Å².